The topological polar surface area (TPSA) is 68.2 Å². The van der Waals surface area contributed by atoms with Crippen molar-refractivity contribution in [3.8, 4) is 0 Å². The van der Waals surface area contributed by atoms with Crippen LogP contribution in [-0.4, -0.2) is 15.8 Å². The van der Waals surface area contributed by atoms with Crippen LogP contribution in [0, 0.1) is 0 Å². The Bertz CT molecular complexity index is 519. The molecule has 0 saturated heterocycles. The Labute approximate surface area is 84.5 Å². The van der Waals surface area contributed by atoms with Crippen molar-refractivity contribution < 1.29 is 9.90 Å². The van der Waals surface area contributed by atoms with Gasteiger partial charge in [-0.05, 0) is 12.1 Å². The van der Waals surface area contributed by atoms with E-state index in [4.69, 9.17) is 22.6 Å². The summed E-state index contributed by atoms with van der Waals surface area (Å²) in [5, 5.41) is 9.98. The molecule has 72 valence electrons. The first-order chi connectivity index (χ1) is 6.59. The maximum Gasteiger partial charge on any atom is 0.337 e. The van der Waals surface area contributed by atoms with Gasteiger partial charge in [0, 0.05) is 16.6 Å². The van der Waals surface area contributed by atoms with E-state index in [0.717, 1.165) is 0 Å². The molecule has 2 rings (SSSR count). The van der Waals surface area contributed by atoms with E-state index in [1.165, 1.54) is 10.9 Å². The minimum Gasteiger partial charge on any atom is -0.478 e. The number of carboxylic acids is 1. The number of aromatic nitrogens is 1. The van der Waals surface area contributed by atoms with Crippen LogP contribution in [0.5, 0.6) is 0 Å². The van der Waals surface area contributed by atoms with Gasteiger partial charge in [-0.25, -0.2) is 4.79 Å². The number of carboxylic acid groups (broad SMARTS) is 1. The SMILES string of the molecule is Nn1cc(C(=O)O)c2ccc(Cl)cc21. The number of benzene rings is 1. The van der Waals surface area contributed by atoms with Gasteiger partial charge in [0.25, 0.3) is 0 Å². The zero-order valence-corrected chi connectivity index (χ0v) is 7.82. The lowest BCUT2D eigenvalue weighted by Crippen LogP contribution is -2.05. The van der Waals surface area contributed by atoms with Gasteiger partial charge in [-0.3, -0.25) is 4.68 Å². The maximum absolute atomic E-state index is 10.8. The van der Waals surface area contributed by atoms with Crippen LogP contribution in [0.3, 0.4) is 0 Å². The van der Waals surface area contributed by atoms with Crippen LogP contribution in [0.4, 0.5) is 0 Å². The molecule has 2 aromatic rings. The van der Waals surface area contributed by atoms with E-state index in [-0.39, 0.29) is 5.56 Å². The lowest BCUT2D eigenvalue weighted by Gasteiger charge is -1.95. The van der Waals surface area contributed by atoms with Crippen LogP contribution in [0.2, 0.25) is 5.02 Å². The van der Waals surface area contributed by atoms with Gasteiger partial charge in [0.05, 0.1) is 11.1 Å². The van der Waals surface area contributed by atoms with Crippen LogP contribution < -0.4 is 5.84 Å². The number of nitrogen functional groups attached to an aromatic ring is 1. The third-order valence-electron chi connectivity index (χ3n) is 2.03. The molecule has 0 aliphatic rings. The zero-order valence-electron chi connectivity index (χ0n) is 7.07. The average molecular weight is 211 g/mol. The zero-order chi connectivity index (χ0) is 10.3. The van der Waals surface area contributed by atoms with Crippen LogP contribution in [-0.2, 0) is 0 Å². The first kappa shape index (κ1) is 8.90. The average Bonchev–Trinajstić information content (AvgIpc) is 2.44. The molecule has 0 unspecified atom stereocenters. The number of nitrogens with two attached hydrogens (primary N) is 1. The second kappa shape index (κ2) is 2.92. The first-order valence-electron chi connectivity index (χ1n) is 3.88. The van der Waals surface area contributed by atoms with Crippen molar-refractivity contribution in [2.45, 2.75) is 0 Å². The van der Waals surface area contributed by atoms with E-state index in [1.807, 2.05) is 0 Å². The minimum absolute atomic E-state index is 0.180. The van der Waals surface area contributed by atoms with Crippen molar-refractivity contribution in [2.75, 3.05) is 5.84 Å². The fourth-order valence-electron chi connectivity index (χ4n) is 1.39. The third kappa shape index (κ3) is 1.20. The van der Waals surface area contributed by atoms with E-state index < -0.39 is 5.97 Å². The predicted octanol–water partition coefficient (Wildman–Crippen LogP) is 1.71. The Balaban J connectivity index is 2.84. The Hall–Kier alpha value is -1.68. The minimum atomic E-state index is -0.999. The van der Waals surface area contributed by atoms with Gasteiger partial charge < -0.3 is 10.9 Å². The molecule has 0 aliphatic heterocycles. The van der Waals surface area contributed by atoms with Gasteiger partial charge in [-0.1, -0.05) is 17.7 Å². The highest BCUT2D eigenvalue weighted by molar-refractivity contribution is 6.31. The van der Waals surface area contributed by atoms with E-state index in [9.17, 15) is 4.79 Å². The fraction of sp³-hybridized carbons (Fsp3) is 0. The van der Waals surface area contributed by atoms with E-state index >= 15 is 0 Å². The standard InChI is InChI=1S/C9H7ClN2O2/c10-5-1-2-6-7(9(13)14)4-12(11)8(6)3-5/h1-4H,11H2,(H,13,14). The molecule has 1 aromatic heterocycles. The lowest BCUT2D eigenvalue weighted by molar-refractivity contribution is 0.0699. The van der Waals surface area contributed by atoms with Crippen molar-refractivity contribution >= 4 is 28.5 Å². The summed E-state index contributed by atoms with van der Waals surface area (Å²) in [7, 11) is 0. The van der Waals surface area contributed by atoms with Gasteiger partial charge in [0.15, 0.2) is 0 Å². The van der Waals surface area contributed by atoms with Gasteiger partial charge in [-0.15, -0.1) is 0 Å². The molecule has 0 atom stereocenters. The van der Waals surface area contributed by atoms with Crippen molar-refractivity contribution in [1.82, 2.24) is 4.68 Å². The van der Waals surface area contributed by atoms with Gasteiger partial charge in [0.1, 0.15) is 0 Å². The summed E-state index contributed by atoms with van der Waals surface area (Å²) in [6.07, 6.45) is 1.36. The molecule has 0 amide bonds. The smallest absolute Gasteiger partial charge is 0.337 e. The molecule has 0 spiro atoms. The summed E-state index contributed by atoms with van der Waals surface area (Å²) in [4.78, 5) is 10.8. The van der Waals surface area contributed by atoms with Crippen molar-refractivity contribution in [3.63, 3.8) is 0 Å². The Kier molecular flexibility index (Phi) is 1.86. The quantitative estimate of drug-likeness (QED) is 0.704. The first-order valence-corrected chi connectivity index (χ1v) is 4.26. The molecule has 1 aromatic carbocycles. The summed E-state index contributed by atoms with van der Waals surface area (Å²) >= 11 is 5.76. The van der Waals surface area contributed by atoms with E-state index in [1.54, 1.807) is 18.2 Å². The molecule has 14 heavy (non-hydrogen) atoms. The number of fused-ring (bicyclic) bond motifs is 1. The molecular formula is C9H7ClN2O2. The van der Waals surface area contributed by atoms with Crippen molar-refractivity contribution in [3.05, 3.63) is 35.0 Å². The monoisotopic (exact) mass is 210 g/mol. The van der Waals surface area contributed by atoms with Gasteiger partial charge in [0.2, 0.25) is 0 Å². The third-order valence-corrected chi connectivity index (χ3v) is 2.26. The Morgan fingerprint density at radius 1 is 1.50 bits per heavy atom. The number of halogens is 1. The molecule has 0 aliphatic carbocycles. The summed E-state index contributed by atoms with van der Waals surface area (Å²) in [5.74, 6) is 4.58. The number of nitrogens with zero attached hydrogens (tertiary/aromatic N) is 1. The molecule has 1 heterocycles. The molecule has 0 saturated carbocycles. The largest absolute Gasteiger partial charge is 0.478 e. The van der Waals surface area contributed by atoms with Crippen LogP contribution in [0.15, 0.2) is 24.4 Å². The molecule has 0 radical (unpaired) electrons. The number of hydrogen-bond donors (Lipinski definition) is 2. The van der Waals surface area contributed by atoms with Crippen LogP contribution in [0.1, 0.15) is 10.4 Å². The molecule has 0 fully saturated rings. The molecule has 5 heteroatoms. The van der Waals surface area contributed by atoms with E-state index in [2.05, 4.69) is 0 Å². The highest BCUT2D eigenvalue weighted by Crippen LogP contribution is 2.23. The summed E-state index contributed by atoms with van der Waals surface area (Å²) < 4.78 is 1.25. The highest BCUT2D eigenvalue weighted by atomic mass is 35.5. The normalized spacial score (nSPS) is 10.6. The van der Waals surface area contributed by atoms with Crippen molar-refractivity contribution in [1.29, 1.82) is 0 Å². The molecular weight excluding hydrogens is 204 g/mol. The fourth-order valence-corrected chi connectivity index (χ4v) is 1.56. The summed E-state index contributed by atoms with van der Waals surface area (Å²) in [5.41, 5.74) is 0.786. The van der Waals surface area contributed by atoms with Crippen LogP contribution in [0.25, 0.3) is 10.9 Å². The van der Waals surface area contributed by atoms with E-state index in [0.29, 0.717) is 15.9 Å². The highest BCUT2D eigenvalue weighted by Gasteiger charge is 2.12. The maximum atomic E-state index is 10.8. The summed E-state index contributed by atoms with van der Waals surface area (Å²) in [6.45, 7) is 0. The van der Waals surface area contributed by atoms with Gasteiger partial charge in [-0.2, -0.15) is 0 Å². The Morgan fingerprint density at radius 2 is 2.21 bits per heavy atom. The molecule has 0 bridgehead atoms. The number of rotatable bonds is 1. The lowest BCUT2D eigenvalue weighted by atomic mass is 10.2. The number of aromatic carboxylic acids is 1. The van der Waals surface area contributed by atoms with Crippen molar-refractivity contribution in [2.24, 2.45) is 0 Å². The second-order valence-electron chi connectivity index (χ2n) is 2.92. The summed E-state index contributed by atoms with van der Waals surface area (Å²) in [6, 6.07) is 4.91. The Morgan fingerprint density at radius 3 is 2.86 bits per heavy atom. The predicted molar refractivity (Wildman–Crippen MR) is 54.1 cm³/mol. The number of hydrogen-bond acceptors (Lipinski definition) is 2. The van der Waals surface area contributed by atoms with Crippen LogP contribution >= 0.6 is 11.6 Å². The number of carbonyl (C=O) groups is 1. The molecule has 3 N–H and O–H groups in total. The second-order valence-corrected chi connectivity index (χ2v) is 3.35. The molecule has 4 nitrogen and oxygen atoms in total. The van der Waals surface area contributed by atoms with Gasteiger partial charge >= 0.3 is 5.97 Å².